The van der Waals surface area contributed by atoms with Crippen molar-refractivity contribution in [2.45, 2.75) is 37.9 Å². The maximum atomic E-state index is 13.7. The van der Waals surface area contributed by atoms with E-state index in [0.29, 0.717) is 24.2 Å². The molecular weight excluding hydrogens is 383 g/mol. The first-order valence-electron chi connectivity index (χ1n) is 8.99. The van der Waals surface area contributed by atoms with Crippen LogP contribution in [0, 0.1) is 12.7 Å². The van der Waals surface area contributed by atoms with Crippen molar-refractivity contribution >= 4 is 21.6 Å². The summed E-state index contributed by atoms with van der Waals surface area (Å²) in [5.41, 5.74) is 0.971. The van der Waals surface area contributed by atoms with Crippen molar-refractivity contribution in [3.05, 3.63) is 59.4 Å². The maximum Gasteiger partial charge on any atom is 0.261 e. The minimum atomic E-state index is -3.97. The molecule has 1 fully saturated rings. The second-order valence-electron chi connectivity index (χ2n) is 7.06. The molecule has 2 atom stereocenters. The lowest BCUT2D eigenvalue weighted by Gasteiger charge is -2.35. The van der Waals surface area contributed by atoms with Gasteiger partial charge in [-0.05, 0) is 56.7 Å². The average molecular weight is 406 g/mol. The summed E-state index contributed by atoms with van der Waals surface area (Å²) < 4.78 is 46.9. The molecule has 1 heterocycles. The second kappa shape index (κ2) is 7.89. The number of halogens is 1. The van der Waals surface area contributed by atoms with E-state index < -0.39 is 15.8 Å². The summed E-state index contributed by atoms with van der Waals surface area (Å²) in [6.07, 6.45) is -0.128. The predicted molar refractivity (Wildman–Crippen MR) is 104 cm³/mol. The van der Waals surface area contributed by atoms with E-state index in [4.69, 9.17) is 4.74 Å². The molecule has 0 spiro atoms. The molecule has 0 aromatic heterocycles. The van der Waals surface area contributed by atoms with Crippen LogP contribution in [-0.2, 0) is 14.8 Å². The molecule has 6 nitrogen and oxygen atoms in total. The van der Waals surface area contributed by atoms with Crippen LogP contribution in [0.5, 0.6) is 0 Å². The summed E-state index contributed by atoms with van der Waals surface area (Å²) in [6.45, 7) is 6.31. The highest BCUT2D eigenvalue weighted by Gasteiger charge is 2.27. The van der Waals surface area contributed by atoms with Crippen LogP contribution in [0.25, 0.3) is 0 Å². The van der Waals surface area contributed by atoms with Crippen molar-refractivity contribution in [2.24, 2.45) is 0 Å². The minimum absolute atomic E-state index is 0.0641. The first-order valence-corrected chi connectivity index (χ1v) is 10.5. The third kappa shape index (κ3) is 4.51. The van der Waals surface area contributed by atoms with Gasteiger partial charge < -0.3 is 9.64 Å². The fraction of sp³-hybridized carbons (Fsp3) is 0.350. The van der Waals surface area contributed by atoms with Crippen molar-refractivity contribution in [3.8, 4) is 0 Å². The third-order valence-corrected chi connectivity index (χ3v) is 5.90. The van der Waals surface area contributed by atoms with Crippen LogP contribution >= 0.6 is 0 Å². The van der Waals surface area contributed by atoms with Crippen molar-refractivity contribution < 1.29 is 22.3 Å². The Kier molecular flexibility index (Phi) is 5.71. The number of nitrogens with one attached hydrogen (secondary N) is 1. The number of benzene rings is 2. The van der Waals surface area contributed by atoms with Gasteiger partial charge in [0.15, 0.2) is 0 Å². The Bertz CT molecular complexity index is 983. The number of carbonyl (C=O) groups excluding carboxylic acids is 1. The predicted octanol–water partition coefficient (Wildman–Crippen LogP) is 3.18. The Morgan fingerprint density at radius 3 is 2.46 bits per heavy atom. The number of anilines is 1. The van der Waals surface area contributed by atoms with Crippen LogP contribution in [-0.4, -0.2) is 44.5 Å². The van der Waals surface area contributed by atoms with Crippen LogP contribution in [0.15, 0.2) is 47.4 Å². The van der Waals surface area contributed by atoms with Crippen LogP contribution in [0.4, 0.5) is 10.1 Å². The van der Waals surface area contributed by atoms with E-state index in [2.05, 4.69) is 4.72 Å². The van der Waals surface area contributed by atoms with Crippen molar-refractivity contribution in [3.63, 3.8) is 0 Å². The van der Waals surface area contributed by atoms with Gasteiger partial charge in [0.05, 0.1) is 17.1 Å². The fourth-order valence-electron chi connectivity index (χ4n) is 3.20. The van der Waals surface area contributed by atoms with Gasteiger partial charge >= 0.3 is 0 Å². The Hall–Kier alpha value is -2.45. The van der Waals surface area contributed by atoms with E-state index in [1.54, 1.807) is 30.0 Å². The van der Waals surface area contributed by atoms with E-state index in [-0.39, 0.29) is 28.7 Å². The molecule has 2 aromatic rings. The molecule has 1 amide bonds. The van der Waals surface area contributed by atoms with Crippen molar-refractivity contribution in [2.75, 3.05) is 17.8 Å². The van der Waals surface area contributed by atoms with E-state index in [0.717, 1.165) is 6.07 Å². The van der Waals surface area contributed by atoms with Gasteiger partial charge in [-0.2, -0.15) is 0 Å². The van der Waals surface area contributed by atoms with Gasteiger partial charge in [-0.25, -0.2) is 12.8 Å². The van der Waals surface area contributed by atoms with Gasteiger partial charge in [-0.3, -0.25) is 9.52 Å². The fourth-order valence-corrected chi connectivity index (χ4v) is 4.26. The Balaban J connectivity index is 1.81. The molecule has 3 rings (SSSR count). The Morgan fingerprint density at radius 1 is 1.14 bits per heavy atom. The molecule has 1 aliphatic rings. The summed E-state index contributed by atoms with van der Waals surface area (Å²) in [7, 11) is -3.97. The van der Waals surface area contributed by atoms with Gasteiger partial charge in [-0.15, -0.1) is 0 Å². The number of sulfonamides is 1. The molecule has 150 valence electrons. The molecule has 0 aliphatic carbocycles. The first-order chi connectivity index (χ1) is 13.2. The highest BCUT2D eigenvalue weighted by atomic mass is 32.2. The maximum absolute atomic E-state index is 13.7. The van der Waals surface area contributed by atoms with Gasteiger partial charge in [0.25, 0.3) is 15.9 Å². The number of hydrogen-bond acceptors (Lipinski definition) is 4. The van der Waals surface area contributed by atoms with Crippen LogP contribution in [0.2, 0.25) is 0 Å². The second-order valence-corrected chi connectivity index (χ2v) is 8.75. The standard InChI is InChI=1S/C20H23FN2O4S/c1-13-7-8-18(10-19(13)21)28(25,26)22-17-6-4-5-16(9-17)20(24)23-11-14(2)27-15(3)12-23/h4-10,14-15,22H,11-12H2,1-3H3/t14-,15-/m1/s1. The number of morpholine rings is 1. The van der Waals surface area contributed by atoms with Gasteiger partial charge in [0.2, 0.25) is 0 Å². The number of rotatable bonds is 4. The molecular formula is C20H23FN2O4S. The van der Waals surface area contributed by atoms with Gasteiger partial charge in [0.1, 0.15) is 5.82 Å². The normalized spacial score (nSPS) is 20.1. The zero-order chi connectivity index (χ0) is 20.5. The van der Waals surface area contributed by atoms with Crippen LogP contribution in [0.3, 0.4) is 0 Å². The highest BCUT2D eigenvalue weighted by Crippen LogP contribution is 2.21. The number of amides is 1. The van der Waals surface area contributed by atoms with Crippen LogP contribution < -0.4 is 4.72 Å². The largest absolute Gasteiger partial charge is 0.372 e. The number of carbonyl (C=O) groups is 1. The summed E-state index contributed by atoms with van der Waals surface area (Å²) >= 11 is 0. The first kappa shape index (κ1) is 20.3. The SMILES string of the molecule is Cc1ccc(S(=O)(=O)Nc2cccc(C(=O)N3C[C@@H](C)O[C@H](C)C3)c2)cc1F. The highest BCUT2D eigenvalue weighted by molar-refractivity contribution is 7.92. The Labute approximate surface area is 164 Å². The van der Waals surface area contributed by atoms with E-state index >= 15 is 0 Å². The monoisotopic (exact) mass is 406 g/mol. The van der Waals surface area contributed by atoms with Crippen molar-refractivity contribution in [1.82, 2.24) is 4.90 Å². The molecule has 0 saturated carbocycles. The minimum Gasteiger partial charge on any atom is -0.372 e. The average Bonchev–Trinajstić information content (AvgIpc) is 2.62. The number of ether oxygens (including phenoxy) is 1. The number of hydrogen-bond donors (Lipinski definition) is 1. The number of aryl methyl sites for hydroxylation is 1. The zero-order valence-corrected chi connectivity index (χ0v) is 16.8. The molecule has 1 N–H and O–H groups in total. The van der Waals surface area contributed by atoms with E-state index in [9.17, 15) is 17.6 Å². The summed E-state index contributed by atoms with van der Waals surface area (Å²) in [4.78, 5) is 14.3. The Morgan fingerprint density at radius 2 is 1.82 bits per heavy atom. The smallest absolute Gasteiger partial charge is 0.261 e. The summed E-state index contributed by atoms with van der Waals surface area (Å²) in [6, 6.07) is 9.99. The van der Waals surface area contributed by atoms with E-state index in [1.165, 1.54) is 18.2 Å². The third-order valence-electron chi connectivity index (χ3n) is 4.52. The van der Waals surface area contributed by atoms with E-state index in [1.807, 2.05) is 13.8 Å². The molecule has 1 saturated heterocycles. The summed E-state index contributed by atoms with van der Waals surface area (Å²) in [5, 5.41) is 0. The molecule has 8 heteroatoms. The number of nitrogens with zero attached hydrogens (tertiary/aromatic N) is 1. The van der Waals surface area contributed by atoms with Crippen molar-refractivity contribution in [1.29, 1.82) is 0 Å². The molecule has 28 heavy (non-hydrogen) atoms. The molecule has 2 aromatic carbocycles. The molecule has 0 bridgehead atoms. The molecule has 1 aliphatic heterocycles. The summed E-state index contributed by atoms with van der Waals surface area (Å²) in [5.74, 6) is -0.785. The lowest BCUT2D eigenvalue weighted by Crippen LogP contribution is -2.48. The lowest BCUT2D eigenvalue weighted by molar-refractivity contribution is -0.0586. The zero-order valence-electron chi connectivity index (χ0n) is 16.0. The molecule has 0 radical (unpaired) electrons. The molecule has 0 unspecified atom stereocenters. The lowest BCUT2D eigenvalue weighted by atomic mass is 10.1. The topological polar surface area (TPSA) is 75.7 Å². The van der Waals surface area contributed by atoms with Crippen LogP contribution in [0.1, 0.15) is 29.8 Å². The van der Waals surface area contributed by atoms with Gasteiger partial charge in [0, 0.05) is 24.3 Å². The van der Waals surface area contributed by atoms with Gasteiger partial charge in [-0.1, -0.05) is 12.1 Å². The quantitative estimate of drug-likeness (QED) is 0.846.